The highest BCUT2D eigenvalue weighted by Gasteiger charge is 2.30. The number of carbonyl (C=O) groups excluding carboxylic acids is 1. The van der Waals surface area contributed by atoms with Crippen LogP contribution in [0.2, 0.25) is 0 Å². The second-order valence-electron chi connectivity index (χ2n) is 7.87. The summed E-state index contributed by atoms with van der Waals surface area (Å²) in [5.74, 6) is 3.10. The van der Waals surface area contributed by atoms with Crippen LogP contribution in [0.3, 0.4) is 0 Å². The second kappa shape index (κ2) is 8.15. The molecule has 2 aliphatic heterocycles. The third-order valence-corrected chi connectivity index (χ3v) is 6.14. The van der Waals surface area contributed by atoms with Crippen molar-refractivity contribution in [2.45, 2.75) is 45.6 Å². The smallest absolute Gasteiger partial charge is 0.226 e. The van der Waals surface area contributed by atoms with Gasteiger partial charge in [-0.3, -0.25) is 4.79 Å². The summed E-state index contributed by atoms with van der Waals surface area (Å²) in [6.45, 7) is 5.50. The lowest BCUT2D eigenvalue weighted by atomic mass is 9.91. The van der Waals surface area contributed by atoms with Crippen LogP contribution in [0.1, 0.15) is 37.1 Å². The third kappa shape index (κ3) is 4.18. The first-order chi connectivity index (χ1) is 13.2. The Morgan fingerprint density at radius 2 is 2.04 bits per heavy atom. The van der Waals surface area contributed by atoms with Gasteiger partial charge in [0, 0.05) is 37.9 Å². The number of piperidine rings is 1. The number of hydrogen-bond donors (Lipinski definition) is 0. The van der Waals surface area contributed by atoms with Crippen molar-refractivity contribution in [2.24, 2.45) is 11.8 Å². The van der Waals surface area contributed by atoms with E-state index in [2.05, 4.69) is 33.6 Å². The van der Waals surface area contributed by atoms with Crippen LogP contribution in [0.15, 0.2) is 36.7 Å². The number of likely N-dealkylation sites (tertiary alicyclic amines) is 1. The molecule has 1 fully saturated rings. The minimum absolute atomic E-state index is 0.0544. The molecule has 27 heavy (non-hydrogen) atoms. The van der Waals surface area contributed by atoms with Gasteiger partial charge in [-0.2, -0.15) is 0 Å². The van der Waals surface area contributed by atoms with Crippen LogP contribution in [-0.4, -0.2) is 40.1 Å². The molecule has 0 bridgehead atoms. The van der Waals surface area contributed by atoms with Gasteiger partial charge in [0.25, 0.3) is 0 Å². The van der Waals surface area contributed by atoms with E-state index in [1.165, 1.54) is 12.0 Å². The standard InChI is InChI=1S/C22H29N3O2/c1-17-23-10-14-24(17)11-6-18-7-12-25(13-8-18)22(26)20-9-15-27-21-5-3-2-4-19(21)16-20/h2-5,10,14,18,20H,6-9,11-13,15-16H2,1H3/t20-/m0/s1. The molecule has 4 rings (SSSR count). The zero-order valence-electron chi connectivity index (χ0n) is 16.1. The quantitative estimate of drug-likeness (QED) is 0.831. The molecule has 2 aliphatic rings. The molecule has 1 aromatic carbocycles. The number of hydrogen-bond acceptors (Lipinski definition) is 3. The number of ether oxygens (including phenoxy) is 1. The fourth-order valence-corrected chi connectivity index (χ4v) is 4.36. The Kier molecular flexibility index (Phi) is 5.46. The molecule has 3 heterocycles. The molecule has 0 aliphatic carbocycles. The van der Waals surface area contributed by atoms with Gasteiger partial charge in [0.15, 0.2) is 0 Å². The van der Waals surface area contributed by atoms with E-state index in [0.717, 1.165) is 56.9 Å². The Bertz CT molecular complexity index is 777. The number of fused-ring (bicyclic) bond motifs is 1. The predicted molar refractivity (Wildman–Crippen MR) is 105 cm³/mol. The zero-order valence-corrected chi connectivity index (χ0v) is 16.1. The maximum Gasteiger partial charge on any atom is 0.226 e. The number of carbonyl (C=O) groups is 1. The first-order valence-electron chi connectivity index (χ1n) is 10.2. The summed E-state index contributed by atoms with van der Waals surface area (Å²) in [6.07, 6.45) is 8.93. The van der Waals surface area contributed by atoms with Gasteiger partial charge in [0.1, 0.15) is 11.6 Å². The van der Waals surface area contributed by atoms with E-state index >= 15 is 0 Å². The van der Waals surface area contributed by atoms with Gasteiger partial charge < -0.3 is 14.2 Å². The van der Waals surface area contributed by atoms with E-state index in [1.807, 2.05) is 24.4 Å². The summed E-state index contributed by atoms with van der Waals surface area (Å²) in [5.41, 5.74) is 1.17. The number of benzene rings is 1. The molecule has 0 N–H and O–H groups in total. The molecule has 1 amide bonds. The van der Waals surface area contributed by atoms with Gasteiger partial charge >= 0.3 is 0 Å². The number of amides is 1. The van der Waals surface area contributed by atoms with E-state index in [1.54, 1.807) is 0 Å². The molecule has 5 heteroatoms. The Balaban J connectivity index is 1.29. The monoisotopic (exact) mass is 367 g/mol. The van der Waals surface area contributed by atoms with E-state index < -0.39 is 0 Å². The van der Waals surface area contributed by atoms with Gasteiger partial charge in [-0.1, -0.05) is 18.2 Å². The van der Waals surface area contributed by atoms with Crippen LogP contribution in [0.4, 0.5) is 0 Å². The molecule has 2 aromatic rings. The largest absolute Gasteiger partial charge is 0.493 e. The number of aromatic nitrogens is 2. The summed E-state index contributed by atoms with van der Waals surface area (Å²) in [6, 6.07) is 8.13. The average Bonchev–Trinajstić information content (AvgIpc) is 2.98. The van der Waals surface area contributed by atoms with E-state index in [9.17, 15) is 4.79 Å². The van der Waals surface area contributed by atoms with Gasteiger partial charge in [0.2, 0.25) is 5.91 Å². The second-order valence-corrected chi connectivity index (χ2v) is 7.87. The van der Waals surface area contributed by atoms with Crippen molar-refractivity contribution >= 4 is 5.91 Å². The maximum atomic E-state index is 13.1. The van der Waals surface area contributed by atoms with Crippen LogP contribution in [0.25, 0.3) is 0 Å². The molecule has 0 spiro atoms. The number of nitrogens with zero attached hydrogens (tertiary/aromatic N) is 3. The van der Waals surface area contributed by atoms with Crippen molar-refractivity contribution in [1.82, 2.24) is 14.5 Å². The summed E-state index contributed by atoms with van der Waals surface area (Å²) < 4.78 is 8.05. The molecule has 1 aromatic heterocycles. The van der Waals surface area contributed by atoms with Crippen molar-refractivity contribution in [2.75, 3.05) is 19.7 Å². The van der Waals surface area contributed by atoms with Crippen molar-refractivity contribution in [1.29, 1.82) is 0 Å². The number of rotatable bonds is 4. The zero-order chi connectivity index (χ0) is 18.6. The van der Waals surface area contributed by atoms with Crippen molar-refractivity contribution in [3.8, 4) is 5.75 Å². The Morgan fingerprint density at radius 3 is 2.81 bits per heavy atom. The lowest BCUT2D eigenvalue weighted by Crippen LogP contribution is -2.42. The topological polar surface area (TPSA) is 47.4 Å². The molecule has 0 radical (unpaired) electrons. The van der Waals surface area contributed by atoms with Crippen LogP contribution in [-0.2, 0) is 17.8 Å². The van der Waals surface area contributed by atoms with Crippen LogP contribution in [0, 0.1) is 18.8 Å². The molecule has 0 unspecified atom stereocenters. The third-order valence-electron chi connectivity index (χ3n) is 6.14. The Labute approximate surface area is 161 Å². The van der Waals surface area contributed by atoms with Gasteiger partial charge in [-0.25, -0.2) is 4.98 Å². The molecular weight excluding hydrogens is 338 g/mol. The Hall–Kier alpha value is -2.30. The van der Waals surface area contributed by atoms with Crippen molar-refractivity contribution in [3.63, 3.8) is 0 Å². The predicted octanol–water partition coefficient (Wildman–Crippen LogP) is 3.46. The fraction of sp³-hybridized carbons (Fsp3) is 0.545. The van der Waals surface area contributed by atoms with E-state index in [0.29, 0.717) is 18.4 Å². The minimum Gasteiger partial charge on any atom is -0.493 e. The number of para-hydroxylation sites is 1. The molecule has 0 saturated carbocycles. The first-order valence-corrected chi connectivity index (χ1v) is 10.2. The number of aryl methyl sites for hydroxylation is 2. The molecule has 1 atom stereocenters. The lowest BCUT2D eigenvalue weighted by Gasteiger charge is -2.34. The average molecular weight is 367 g/mol. The van der Waals surface area contributed by atoms with E-state index in [-0.39, 0.29) is 5.92 Å². The Morgan fingerprint density at radius 1 is 1.22 bits per heavy atom. The van der Waals surface area contributed by atoms with Gasteiger partial charge in [-0.15, -0.1) is 0 Å². The summed E-state index contributed by atoms with van der Waals surface area (Å²) >= 11 is 0. The van der Waals surface area contributed by atoms with Crippen LogP contribution >= 0.6 is 0 Å². The molecule has 5 nitrogen and oxygen atoms in total. The van der Waals surface area contributed by atoms with Crippen molar-refractivity contribution < 1.29 is 9.53 Å². The van der Waals surface area contributed by atoms with E-state index in [4.69, 9.17) is 4.74 Å². The number of imidazole rings is 1. The van der Waals surface area contributed by atoms with Crippen molar-refractivity contribution in [3.05, 3.63) is 48.0 Å². The first kappa shape index (κ1) is 18.1. The molecule has 144 valence electrons. The minimum atomic E-state index is 0.0544. The van der Waals surface area contributed by atoms with Crippen LogP contribution in [0.5, 0.6) is 5.75 Å². The fourth-order valence-electron chi connectivity index (χ4n) is 4.36. The normalized spacial score (nSPS) is 20.6. The SMILES string of the molecule is Cc1nccn1CCC1CCN(C(=O)[C@H]2CCOc3ccccc3C2)CC1. The summed E-state index contributed by atoms with van der Waals surface area (Å²) in [4.78, 5) is 19.5. The maximum absolute atomic E-state index is 13.1. The van der Waals surface area contributed by atoms with Crippen LogP contribution < -0.4 is 4.74 Å². The lowest BCUT2D eigenvalue weighted by molar-refractivity contribution is -0.137. The highest BCUT2D eigenvalue weighted by Crippen LogP contribution is 2.29. The van der Waals surface area contributed by atoms with Gasteiger partial charge in [-0.05, 0) is 56.6 Å². The molecular formula is C22H29N3O2. The molecule has 1 saturated heterocycles. The highest BCUT2D eigenvalue weighted by molar-refractivity contribution is 5.79. The van der Waals surface area contributed by atoms with Gasteiger partial charge in [0.05, 0.1) is 6.61 Å². The summed E-state index contributed by atoms with van der Waals surface area (Å²) in [7, 11) is 0. The summed E-state index contributed by atoms with van der Waals surface area (Å²) in [5, 5.41) is 0. The highest BCUT2D eigenvalue weighted by atomic mass is 16.5.